The lowest BCUT2D eigenvalue weighted by atomic mass is 10.0. The van der Waals surface area contributed by atoms with E-state index < -0.39 is 0 Å². The summed E-state index contributed by atoms with van der Waals surface area (Å²) in [6.45, 7) is 8.24. The largest absolute Gasteiger partial charge is 0.296 e. The van der Waals surface area contributed by atoms with Crippen molar-refractivity contribution in [2.24, 2.45) is 0 Å². The summed E-state index contributed by atoms with van der Waals surface area (Å²) in [5, 5.41) is 1.30. The first kappa shape index (κ1) is 23.0. The third kappa shape index (κ3) is 4.35. The summed E-state index contributed by atoms with van der Waals surface area (Å²) in [7, 11) is 0. The number of thiophene rings is 1. The molecule has 7 heteroatoms. The van der Waals surface area contributed by atoms with E-state index in [1.54, 1.807) is 15.9 Å². The highest BCUT2D eigenvalue weighted by Gasteiger charge is 2.26. The van der Waals surface area contributed by atoms with E-state index in [2.05, 4.69) is 18.7 Å². The number of fused-ring (bicyclic) bond motifs is 3. The lowest BCUT2D eigenvalue weighted by Crippen LogP contribution is -2.35. The zero-order chi connectivity index (χ0) is 23.8. The van der Waals surface area contributed by atoms with Crippen molar-refractivity contribution in [3.63, 3.8) is 0 Å². The van der Waals surface area contributed by atoms with E-state index >= 15 is 0 Å². The summed E-state index contributed by atoms with van der Waals surface area (Å²) in [6, 6.07) is 17.6. The van der Waals surface area contributed by atoms with Crippen molar-refractivity contribution >= 4 is 39.1 Å². The van der Waals surface area contributed by atoms with Crippen LogP contribution in [0.4, 0.5) is 0 Å². The summed E-state index contributed by atoms with van der Waals surface area (Å²) in [5.41, 5.74) is 3.67. The number of thioether (sulfide) groups is 1. The Morgan fingerprint density at radius 3 is 2.56 bits per heavy atom. The molecule has 0 spiro atoms. The van der Waals surface area contributed by atoms with Crippen LogP contribution >= 0.6 is 23.1 Å². The first-order valence-electron chi connectivity index (χ1n) is 11.5. The van der Waals surface area contributed by atoms with Crippen molar-refractivity contribution in [3.05, 3.63) is 86.5 Å². The van der Waals surface area contributed by atoms with E-state index in [0.29, 0.717) is 16.8 Å². The lowest BCUT2D eigenvalue weighted by molar-refractivity contribution is 0.102. The molecule has 0 fully saturated rings. The van der Waals surface area contributed by atoms with Gasteiger partial charge in [0.25, 0.3) is 5.56 Å². The Labute approximate surface area is 207 Å². The van der Waals surface area contributed by atoms with Crippen molar-refractivity contribution in [2.45, 2.75) is 44.9 Å². The van der Waals surface area contributed by atoms with Gasteiger partial charge in [-0.2, -0.15) is 0 Å². The molecule has 0 bridgehead atoms. The van der Waals surface area contributed by atoms with Crippen LogP contribution in [0.5, 0.6) is 0 Å². The molecule has 0 unspecified atom stereocenters. The second-order valence-corrected chi connectivity index (χ2v) is 11.0. The Hall–Kier alpha value is -2.74. The van der Waals surface area contributed by atoms with Crippen LogP contribution in [0.1, 0.15) is 40.2 Å². The predicted molar refractivity (Wildman–Crippen MR) is 141 cm³/mol. The van der Waals surface area contributed by atoms with Crippen molar-refractivity contribution in [3.8, 4) is 5.69 Å². The van der Waals surface area contributed by atoms with E-state index in [-0.39, 0.29) is 17.1 Å². The first-order valence-corrected chi connectivity index (χ1v) is 13.3. The van der Waals surface area contributed by atoms with E-state index in [1.165, 1.54) is 16.6 Å². The average molecular weight is 490 g/mol. The fraction of sp³-hybridized carbons (Fsp3) is 0.296. The molecule has 4 aromatic rings. The van der Waals surface area contributed by atoms with Gasteiger partial charge in [-0.25, -0.2) is 4.98 Å². The van der Waals surface area contributed by atoms with Gasteiger partial charge in [0.1, 0.15) is 4.83 Å². The molecule has 5 rings (SSSR count). The normalized spacial score (nSPS) is 14.0. The minimum atomic E-state index is -0.0426. The number of nitrogens with zero attached hydrogens (tertiary/aromatic N) is 3. The van der Waals surface area contributed by atoms with Crippen LogP contribution in [-0.4, -0.2) is 38.6 Å². The quantitative estimate of drug-likeness (QED) is 0.203. The van der Waals surface area contributed by atoms with Gasteiger partial charge in [0.2, 0.25) is 0 Å². The number of hydrogen-bond acceptors (Lipinski definition) is 6. The fourth-order valence-corrected chi connectivity index (χ4v) is 6.53. The molecule has 0 saturated heterocycles. The SMILES string of the molecule is Cc1ccc(-n2c(SCC(=O)c3ccccc3)nc3sc4c(c3c2=O)CCN(C(C)C)C4)cc1. The molecule has 174 valence electrons. The van der Waals surface area contributed by atoms with Crippen molar-refractivity contribution in [1.82, 2.24) is 14.5 Å². The summed E-state index contributed by atoms with van der Waals surface area (Å²) < 4.78 is 1.69. The van der Waals surface area contributed by atoms with Gasteiger partial charge in [-0.1, -0.05) is 59.8 Å². The maximum atomic E-state index is 13.9. The Morgan fingerprint density at radius 1 is 1.12 bits per heavy atom. The molecule has 1 aliphatic rings. The minimum absolute atomic E-state index is 0.0217. The molecule has 34 heavy (non-hydrogen) atoms. The molecular weight excluding hydrogens is 462 g/mol. The number of carbonyl (C=O) groups is 1. The number of aryl methyl sites for hydroxylation is 1. The van der Waals surface area contributed by atoms with Crippen molar-refractivity contribution < 1.29 is 4.79 Å². The molecule has 0 radical (unpaired) electrons. The van der Waals surface area contributed by atoms with Gasteiger partial charge in [0.05, 0.1) is 16.8 Å². The highest BCUT2D eigenvalue weighted by Crippen LogP contribution is 2.35. The Morgan fingerprint density at radius 2 is 1.85 bits per heavy atom. The second-order valence-electron chi connectivity index (χ2n) is 8.95. The third-order valence-corrected chi connectivity index (χ3v) is 8.37. The third-order valence-electron chi connectivity index (χ3n) is 6.32. The minimum Gasteiger partial charge on any atom is -0.296 e. The first-order chi connectivity index (χ1) is 16.4. The number of hydrogen-bond donors (Lipinski definition) is 0. The number of Topliss-reactive ketones (excluding diaryl/α,β-unsaturated/α-hetero) is 1. The van der Waals surface area contributed by atoms with Gasteiger partial charge < -0.3 is 0 Å². The predicted octanol–water partition coefficient (Wildman–Crippen LogP) is 5.50. The van der Waals surface area contributed by atoms with Gasteiger partial charge in [0.15, 0.2) is 10.9 Å². The molecule has 5 nitrogen and oxygen atoms in total. The van der Waals surface area contributed by atoms with Crippen LogP contribution in [0.15, 0.2) is 64.5 Å². The van der Waals surface area contributed by atoms with E-state index in [4.69, 9.17) is 4.98 Å². The van der Waals surface area contributed by atoms with Gasteiger partial charge in [-0.15, -0.1) is 11.3 Å². The van der Waals surface area contributed by atoms with Crippen molar-refractivity contribution in [1.29, 1.82) is 0 Å². The maximum Gasteiger partial charge on any atom is 0.267 e. The Balaban J connectivity index is 1.60. The summed E-state index contributed by atoms with van der Waals surface area (Å²) >= 11 is 2.95. The number of ketones is 1. The molecule has 0 amide bonds. The summed E-state index contributed by atoms with van der Waals surface area (Å²) in [4.78, 5) is 36.1. The number of rotatable bonds is 6. The van der Waals surface area contributed by atoms with Crippen LogP contribution in [0.2, 0.25) is 0 Å². The highest BCUT2D eigenvalue weighted by atomic mass is 32.2. The second kappa shape index (κ2) is 9.49. The molecule has 0 aliphatic carbocycles. The molecule has 0 N–H and O–H groups in total. The topological polar surface area (TPSA) is 55.2 Å². The molecule has 3 heterocycles. The monoisotopic (exact) mass is 489 g/mol. The van der Waals surface area contributed by atoms with Gasteiger partial charge >= 0.3 is 0 Å². The molecule has 1 aliphatic heterocycles. The number of carbonyl (C=O) groups excluding carboxylic acids is 1. The molecule has 0 atom stereocenters. The van der Waals surface area contributed by atoms with Gasteiger partial charge in [-0.05, 0) is 44.9 Å². The average Bonchev–Trinajstić information content (AvgIpc) is 3.21. The summed E-state index contributed by atoms with van der Waals surface area (Å²) in [5.74, 6) is 0.244. The maximum absolute atomic E-state index is 13.9. The lowest BCUT2D eigenvalue weighted by Gasteiger charge is -2.30. The van der Waals surface area contributed by atoms with Crippen LogP contribution in [0, 0.1) is 6.92 Å². The Bertz CT molecular complexity index is 1410. The molecule has 0 saturated carbocycles. The van der Waals surface area contributed by atoms with E-state index in [1.807, 2.05) is 61.5 Å². The number of aromatic nitrogens is 2. The summed E-state index contributed by atoms with van der Waals surface area (Å²) in [6.07, 6.45) is 0.858. The zero-order valence-corrected chi connectivity index (χ0v) is 21.2. The number of benzene rings is 2. The van der Waals surface area contributed by atoms with Gasteiger partial charge in [-0.3, -0.25) is 19.1 Å². The Kier molecular flexibility index (Phi) is 6.42. The molecule has 2 aromatic carbocycles. The standard InChI is InChI=1S/C27H27N3O2S2/c1-17(2)29-14-13-21-23(15-29)34-25-24(21)26(32)30(20-11-9-18(3)10-12-20)27(28-25)33-16-22(31)19-7-5-4-6-8-19/h4-12,17H,13-16H2,1-3H3. The fourth-order valence-electron chi connectivity index (χ4n) is 4.34. The molecule has 2 aromatic heterocycles. The highest BCUT2D eigenvalue weighted by molar-refractivity contribution is 7.99. The van der Waals surface area contributed by atoms with Crippen LogP contribution in [-0.2, 0) is 13.0 Å². The van der Waals surface area contributed by atoms with Crippen LogP contribution in [0.3, 0.4) is 0 Å². The van der Waals surface area contributed by atoms with Crippen LogP contribution in [0.25, 0.3) is 15.9 Å². The molecular formula is C27H27N3O2S2. The van der Waals surface area contributed by atoms with E-state index in [9.17, 15) is 9.59 Å². The van der Waals surface area contributed by atoms with Crippen LogP contribution < -0.4 is 5.56 Å². The zero-order valence-electron chi connectivity index (χ0n) is 19.6. The smallest absolute Gasteiger partial charge is 0.267 e. The van der Waals surface area contributed by atoms with Gasteiger partial charge in [0, 0.05) is 29.6 Å². The van der Waals surface area contributed by atoms with Crippen molar-refractivity contribution in [2.75, 3.05) is 12.3 Å². The van der Waals surface area contributed by atoms with E-state index in [0.717, 1.165) is 46.5 Å².